The number of nitrogens with zero attached hydrogens (tertiary/aromatic N) is 4. The van der Waals surface area contributed by atoms with Crippen LogP contribution in [-0.2, 0) is 26.6 Å². The number of aryl methyl sites for hydroxylation is 2. The van der Waals surface area contributed by atoms with Crippen LogP contribution in [0.5, 0.6) is 0 Å². The highest BCUT2D eigenvalue weighted by Gasteiger charge is 2.30. The number of hydrogen-bond donors (Lipinski definition) is 1. The van der Waals surface area contributed by atoms with E-state index in [1.807, 2.05) is 78.2 Å². The molecule has 0 spiro atoms. The number of fused-ring (bicyclic) bond motifs is 1. The average Bonchev–Trinajstić information content (AvgIpc) is 3.50. The standard InChI is InChI=1S/C28H33N5O2/c1-20-12-14-21(15-13-20)27(34)33(23-10-4-3-5-11-23)19-25-24-18-32(17-16-26(24)31(2)30-25)28(35)29-22-8-6-7-9-22/h3-5,10-15,22H,6-9,16-19H2,1-2H3,(H,29,35). The summed E-state index contributed by atoms with van der Waals surface area (Å²) in [6, 6.07) is 17.7. The van der Waals surface area contributed by atoms with Gasteiger partial charge in [-0.2, -0.15) is 5.10 Å². The molecular formula is C28H33N5O2. The average molecular weight is 472 g/mol. The molecule has 2 aliphatic rings. The van der Waals surface area contributed by atoms with Crippen molar-refractivity contribution in [2.24, 2.45) is 7.05 Å². The van der Waals surface area contributed by atoms with Crippen LogP contribution >= 0.6 is 0 Å². The van der Waals surface area contributed by atoms with Crippen molar-refractivity contribution < 1.29 is 9.59 Å². The fourth-order valence-electron chi connectivity index (χ4n) is 5.20. The highest BCUT2D eigenvalue weighted by atomic mass is 16.2. The maximum atomic E-state index is 13.6. The molecule has 1 aliphatic carbocycles. The van der Waals surface area contributed by atoms with Crippen molar-refractivity contribution in [3.63, 3.8) is 0 Å². The number of urea groups is 1. The predicted octanol–water partition coefficient (Wildman–Crippen LogP) is 4.59. The highest BCUT2D eigenvalue weighted by molar-refractivity contribution is 6.06. The molecule has 0 unspecified atom stereocenters. The second-order valence-corrected chi connectivity index (χ2v) is 9.69. The van der Waals surface area contributed by atoms with Crippen molar-refractivity contribution in [2.45, 2.75) is 58.2 Å². The van der Waals surface area contributed by atoms with Gasteiger partial charge in [0.15, 0.2) is 0 Å². The third-order valence-corrected chi connectivity index (χ3v) is 7.21. The molecule has 0 atom stereocenters. The van der Waals surface area contributed by atoms with Gasteiger partial charge in [-0.15, -0.1) is 0 Å². The maximum Gasteiger partial charge on any atom is 0.317 e. The van der Waals surface area contributed by atoms with Gasteiger partial charge in [-0.05, 0) is 44.0 Å². The van der Waals surface area contributed by atoms with Crippen molar-refractivity contribution in [3.8, 4) is 0 Å². The zero-order valence-electron chi connectivity index (χ0n) is 20.5. The number of anilines is 1. The van der Waals surface area contributed by atoms with E-state index in [-0.39, 0.29) is 18.0 Å². The lowest BCUT2D eigenvalue weighted by Gasteiger charge is -2.30. The molecule has 35 heavy (non-hydrogen) atoms. The SMILES string of the molecule is Cc1ccc(C(=O)N(Cc2nn(C)c3c2CN(C(=O)NC2CCCC2)CC3)c2ccccc2)cc1. The molecule has 3 aromatic rings. The number of carbonyl (C=O) groups excluding carboxylic acids is 2. The Hall–Kier alpha value is -3.61. The van der Waals surface area contributed by atoms with Gasteiger partial charge in [-0.25, -0.2) is 4.79 Å². The summed E-state index contributed by atoms with van der Waals surface area (Å²) in [6.45, 7) is 3.55. The summed E-state index contributed by atoms with van der Waals surface area (Å²) >= 11 is 0. The van der Waals surface area contributed by atoms with Gasteiger partial charge in [0, 0.05) is 48.6 Å². The van der Waals surface area contributed by atoms with Gasteiger partial charge >= 0.3 is 6.03 Å². The summed E-state index contributed by atoms with van der Waals surface area (Å²) in [6.07, 6.45) is 5.26. The van der Waals surface area contributed by atoms with E-state index in [0.29, 0.717) is 25.2 Å². The van der Waals surface area contributed by atoms with Crippen LogP contribution in [0.2, 0.25) is 0 Å². The van der Waals surface area contributed by atoms with Crippen molar-refractivity contribution >= 4 is 17.6 Å². The number of amides is 3. The summed E-state index contributed by atoms with van der Waals surface area (Å²) < 4.78 is 1.91. The van der Waals surface area contributed by atoms with Gasteiger partial charge in [0.2, 0.25) is 0 Å². The molecule has 2 heterocycles. The Morgan fingerprint density at radius 1 is 1.06 bits per heavy atom. The minimum Gasteiger partial charge on any atom is -0.335 e. The molecular weight excluding hydrogens is 438 g/mol. The van der Waals surface area contributed by atoms with Gasteiger partial charge in [-0.3, -0.25) is 9.48 Å². The molecule has 182 valence electrons. The van der Waals surface area contributed by atoms with Gasteiger partial charge in [0.05, 0.1) is 18.8 Å². The van der Waals surface area contributed by atoms with Crippen LogP contribution in [0.3, 0.4) is 0 Å². The van der Waals surface area contributed by atoms with E-state index >= 15 is 0 Å². The molecule has 0 saturated heterocycles. The third kappa shape index (κ3) is 4.94. The molecule has 1 N–H and O–H groups in total. The molecule has 7 heteroatoms. The zero-order chi connectivity index (χ0) is 24.4. The lowest BCUT2D eigenvalue weighted by Crippen LogP contribution is -2.46. The van der Waals surface area contributed by atoms with E-state index < -0.39 is 0 Å². The molecule has 0 radical (unpaired) electrons. The Morgan fingerprint density at radius 3 is 2.49 bits per heavy atom. The molecule has 1 aliphatic heterocycles. The second kappa shape index (κ2) is 9.94. The Bertz CT molecular complexity index is 1200. The van der Waals surface area contributed by atoms with Crippen LogP contribution in [0, 0.1) is 6.92 Å². The highest BCUT2D eigenvalue weighted by Crippen LogP contribution is 2.27. The molecule has 5 rings (SSSR count). The third-order valence-electron chi connectivity index (χ3n) is 7.21. The molecule has 1 saturated carbocycles. The number of para-hydroxylation sites is 1. The van der Waals surface area contributed by atoms with Gasteiger partial charge in [0.25, 0.3) is 5.91 Å². The monoisotopic (exact) mass is 471 g/mol. The van der Waals surface area contributed by atoms with Crippen molar-refractivity contribution in [2.75, 3.05) is 11.4 Å². The smallest absolute Gasteiger partial charge is 0.317 e. The van der Waals surface area contributed by atoms with Crippen LogP contribution < -0.4 is 10.2 Å². The lowest BCUT2D eigenvalue weighted by atomic mass is 10.0. The zero-order valence-corrected chi connectivity index (χ0v) is 20.5. The number of nitrogens with one attached hydrogen (secondary N) is 1. The largest absolute Gasteiger partial charge is 0.335 e. The Balaban J connectivity index is 1.41. The Kier molecular flexibility index (Phi) is 6.57. The molecule has 1 aromatic heterocycles. The van der Waals surface area contributed by atoms with Crippen LogP contribution in [0.1, 0.15) is 58.6 Å². The lowest BCUT2D eigenvalue weighted by molar-refractivity contribution is 0.0984. The predicted molar refractivity (Wildman–Crippen MR) is 136 cm³/mol. The van der Waals surface area contributed by atoms with E-state index in [2.05, 4.69) is 5.32 Å². The van der Waals surface area contributed by atoms with Crippen LogP contribution in [0.15, 0.2) is 54.6 Å². The van der Waals surface area contributed by atoms with Crippen LogP contribution in [-0.4, -0.2) is 39.2 Å². The number of carbonyl (C=O) groups is 2. The number of aromatic nitrogens is 2. The van der Waals surface area contributed by atoms with E-state index in [1.54, 1.807) is 4.90 Å². The maximum absolute atomic E-state index is 13.6. The number of hydrogen-bond acceptors (Lipinski definition) is 3. The molecule has 7 nitrogen and oxygen atoms in total. The Labute approximate surface area is 206 Å². The first-order valence-corrected chi connectivity index (χ1v) is 12.5. The minimum absolute atomic E-state index is 0.00741. The first-order chi connectivity index (χ1) is 17.0. The summed E-state index contributed by atoms with van der Waals surface area (Å²) in [4.78, 5) is 30.3. The topological polar surface area (TPSA) is 70.5 Å². The normalized spacial score (nSPS) is 15.7. The Morgan fingerprint density at radius 2 is 1.77 bits per heavy atom. The van der Waals surface area contributed by atoms with Crippen LogP contribution in [0.25, 0.3) is 0 Å². The van der Waals surface area contributed by atoms with Crippen molar-refractivity contribution in [1.29, 1.82) is 0 Å². The second-order valence-electron chi connectivity index (χ2n) is 9.69. The quantitative estimate of drug-likeness (QED) is 0.592. The summed E-state index contributed by atoms with van der Waals surface area (Å²) in [7, 11) is 1.95. The van der Waals surface area contributed by atoms with Gasteiger partial charge < -0.3 is 15.1 Å². The van der Waals surface area contributed by atoms with E-state index in [9.17, 15) is 9.59 Å². The molecule has 1 fully saturated rings. The minimum atomic E-state index is -0.0674. The molecule has 3 amide bonds. The first-order valence-electron chi connectivity index (χ1n) is 12.5. The summed E-state index contributed by atoms with van der Waals surface area (Å²) in [5.74, 6) is -0.0674. The van der Waals surface area contributed by atoms with E-state index in [0.717, 1.165) is 47.5 Å². The summed E-state index contributed by atoms with van der Waals surface area (Å²) in [5, 5.41) is 8.02. The first kappa shape index (κ1) is 23.1. The molecule has 2 aromatic carbocycles. The summed E-state index contributed by atoms with van der Waals surface area (Å²) in [5.41, 5.74) is 5.61. The van der Waals surface area contributed by atoms with Crippen LogP contribution in [0.4, 0.5) is 10.5 Å². The number of rotatable bonds is 5. The fourth-order valence-corrected chi connectivity index (χ4v) is 5.20. The molecule has 0 bridgehead atoms. The van der Waals surface area contributed by atoms with Crippen molar-refractivity contribution in [1.82, 2.24) is 20.0 Å². The van der Waals surface area contributed by atoms with Gasteiger partial charge in [-0.1, -0.05) is 48.7 Å². The van der Waals surface area contributed by atoms with Crippen molar-refractivity contribution in [3.05, 3.63) is 82.7 Å². The van der Waals surface area contributed by atoms with E-state index in [4.69, 9.17) is 5.10 Å². The fraction of sp³-hybridized carbons (Fsp3) is 0.393. The van der Waals surface area contributed by atoms with E-state index in [1.165, 1.54) is 12.8 Å². The van der Waals surface area contributed by atoms with Gasteiger partial charge in [0.1, 0.15) is 0 Å². The number of benzene rings is 2.